The SMILES string of the molecule is CC(=O)CC(C)Cc1ccc(C(C)(C)C)cc1. The average Bonchev–Trinajstić information content (AvgIpc) is 2.15. The van der Waals surface area contributed by atoms with E-state index in [1.807, 2.05) is 0 Å². The first-order chi connectivity index (χ1) is 7.79. The molecule has 1 atom stereocenters. The first-order valence-electron chi connectivity index (χ1n) is 6.38. The lowest BCUT2D eigenvalue weighted by Gasteiger charge is -2.19. The van der Waals surface area contributed by atoms with Crippen LogP contribution in [0.3, 0.4) is 0 Å². The Morgan fingerprint density at radius 2 is 1.71 bits per heavy atom. The zero-order valence-corrected chi connectivity index (χ0v) is 11.7. The summed E-state index contributed by atoms with van der Waals surface area (Å²) in [6, 6.07) is 8.79. The minimum atomic E-state index is 0.212. The van der Waals surface area contributed by atoms with Gasteiger partial charge in [0.25, 0.3) is 0 Å². The van der Waals surface area contributed by atoms with Crippen molar-refractivity contribution in [2.75, 3.05) is 0 Å². The molecule has 0 fully saturated rings. The minimum absolute atomic E-state index is 0.212. The summed E-state index contributed by atoms with van der Waals surface area (Å²) >= 11 is 0. The summed E-state index contributed by atoms with van der Waals surface area (Å²) in [4.78, 5) is 11.0. The van der Waals surface area contributed by atoms with Crippen LogP contribution in [-0.2, 0) is 16.6 Å². The van der Waals surface area contributed by atoms with Crippen molar-refractivity contribution in [2.24, 2.45) is 5.92 Å². The molecular formula is C16H24O. The number of carbonyl (C=O) groups excluding carboxylic acids is 1. The van der Waals surface area contributed by atoms with Gasteiger partial charge in [0.05, 0.1) is 0 Å². The molecule has 1 nitrogen and oxygen atoms in total. The van der Waals surface area contributed by atoms with Crippen LogP contribution in [0.15, 0.2) is 24.3 Å². The van der Waals surface area contributed by atoms with Crippen LogP contribution in [0, 0.1) is 5.92 Å². The second kappa shape index (κ2) is 5.48. The second-order valence-corrected chi connectivity index (χ2v) is 6.16. The highest BCUT2D eigenvalue weighted by molar-refractivity contribution is 5.75. The van der Waals surface area contributed by atoms with E-state index in [-0.39, 0.29) is 11.2 Å². The summed E-state index contributed by atoms with van der Waals surface area (Å²) in [5.74, 6) is 0.719. The summed E-state index contributed by atoms with van der Waals surface area (Å²) < 4.78 is 0. The third-order valence-corrected chi connectivity index (χ3v) is 3.04. The van der Waals surface area contributed by atoms with E-state index in [1.54, 1.807) is 6.92 Å². The maximum atomic E-state index is 11.0. The van der Waals surface area contributed by atoms with Crippen LogP contribution in [0.1, 0.15) is 52.2 Å². The van der Waals surface area contributed by atoms with E-state index in [0.717, 1.165) is 6.42 Å². The van der Waals surface area contributed by atoms with Gasteiger partial charge in [0.1, 0.15) is 5.78 Å². The lowest BCUT2D eigenvalue weighted by Crippen LogP contribution is -2.11. The number of rotatable bonds is 4. The number of carbonyl (C=O) groups is 1. The van der Waals surface area contributed by atoms with Gasteiger partial charge in [0, 0.05) is 6.42 Å². The Labute approximate surface area is 105 Å². The molecule has 0 aliphatic rings. The number of benzene rings is 1. The zero-order chi connectivity index (χ0) is 13.1. The average molecular weight is 232 g/mol. The van der Waals surface area contributed by atoms with Crippen LogP contribution in [0.25, 0.3) is 0 Å². The second-order valence-electron chi connectivity index (χ2n) is 6.16. The van der Waals surface area contributed by atoms with Crippen molar-refractivity contribution in [3.8, 4) is 0 Å². The van der Waals surface area contributed by atoms with Crippen molar-refractivity contribution in [1.29, 1.82) is 0 Å². The summed E-state index contributed by atoms with van der Waals surface area (Å²) in [6.07, 6.45) is 1.67. The van der Waals surface area contributed by atoms with Gasteiger partial charge in [0.15, 0.2) is 0 Å². The van der Waals surface area contributed by atoms with E-state index >= 15 is 0 Å². The van der Waals surface area contributed by atoms with Crippen LogP contribution in [0.4, 0.5) is 0 Å². The number of ketones is 1. The monoisotopic (exact) mass is 232 g/mol. The standard InChI is InChI=1S/C16H24O/c1-12(10-13(2)17)11-14-6-8-15(9-7-14)16(3,4)5/h6-9,12H,10-11H2,1-5H3. The van der Waals surface area contributed by atoms with Crippen molar-refractivity contribution >= 4 is 5.78 Å². The van der Waals surface area contributed by atoms with E-state index < -0.39 is 0 Å². The van der Waals surface area contributed by atoms with Crippen molar-refractivity contribution in [2.45, 2.75) is 52.9 Å². The molecular weight excluding hydrogens is 208 g/mol. The number of hydrogen-bond acceptors (Lipinski definition) is 1. The minimum Gasteiger partial charge on any atom is -0.300 e. The fourth-order valence-electron chi connectivity index (χ4n) is 2.11. The van der Waals surface area contributed by atoms with Crippen molar-refractivity contribution in [1.82, 2.24) is 0 Å². The Kier molecular flexibility index (Phi) is 4.50. The van der Waals surface area contributed by atoms with Crippen LogP contribution in [0.2, 0.25) is 0 Å². The van der Waals surface area contributed by atoms with Gasteiger partial charge in [-0.2, -0.15) is 0 Å². The smallest absolute Gasteiger partial charge is 0.130 e. The predicted octanol–water partition coefficient (Wildman–Crippen LogP) is 4.14. The molecule has 0 spiro atoms. The molecule has 1 heteroatoms. The molecule has 17 heavy (non-hydrogen) atoms. The highest BCUT2D eigenvalue weighted by Gasteiger charge is 2.13. The molecule has 0 aliphatic heterocycles. The van der Waals surface area contributed by atoms with Gasteiger partial charge in [-0.1, -0.05) is 52.0 Å². The van der Waals surface area contributed by atoms with E-state index in [4.69, 9.17) is 0 Å². The Morgan fingerprint density at radius 1 is 1.18 bits per heavy atom. The number of Topliss-reactive ketones (excluding diaryl/α,β-unsaturated/α-hetero) is 1. The molecule has 0 aliphatic carbocycles. The molecule has 0 bridgehead atoms. The molecule has 0 radical (unpaired) electrons. The molecule has 1 unspecified atom stereocenters. The van der Waals surface area contributed by atoms with Gasteiger partial charge in [-0.05, 0) is 35.8 Å². The molecule has 94 valence electrons. The molecule has 0 aromatic heterocycles. The maximum absolute atomic E-state index is 11.0. The molecule has 1 aromatic carbocycles. The largest absolute Gasteiger partial charge is 0.300 e. The zero-order valence-electron chi connectivity index (χ0n) is 11.7. The molecule has 0 saturated heterocycles. The molecule has 0 saturated carbocycles. The highest BCUT2D eigenvalue weighted by atomic mass is 16.1. The lowest BCUT2D eigenvalue weighted by molar-refractivity contribution is -0.117. The Hall–Kier alpha value is -1.11. The fraction of sp³-hybridized carbons (Fsp3) is 0.562. The van der Waals surface area contributed by atoms with Gasteiger partial charge >= 0.3 is 0 Å². The third-order valence-electron chi connectivity index (χ3n) is 3.04. The normalized spacial score (nSPS) is 13.5. The van der Waals surface area contributed by atoms with E-state index in [1.165, 1.54) is 11.1 Å². The van der Waals surface area contributed by atoms with E-state index in [0.29, 0.717) is 12.3 Å². The molecule has 1 aromatic rings. The molecule has 1 rings (SSSR count). The quantitative estimate of drug-likeness (QED) is 0.762. The van der Waals surface area contributed by atoms with Crippen molar-refractivity contribution < 1.29 is 4.79 Å². The van der Waals surface area contributed by atoms with Gasteiger partial charge in [-0.25, -0.2) is 0 Å². The third kappa shape index (κ3) is 4.72. The predicted molar refractivity (Wildman–Crippen MR) is 73.3 cm³/mol. The van der Waals surface area contributed by atoms with Gasteiger partial charge < -0.3 is 4.79 Å². The summed E-state index contributed by atoms with van der Waals surface area (Å²) in [5, 5.41) is 0. The summed E-state index contributed by atoms with van der Waals surface area (Å²) in [6.45, 7) is 10.5. The topological polar surface area (TPSA) is 17.1 Å². The highest BCUT2D eigenvalue weighted by Crippen LogP contribution is 2.23. The molecule has 0 amide bonds. The fourth-order valence-corrected chi connectivity index (χ4v) is 2.11. The van der Waals surface area contributed by atoms with Gasteiger partial charge in [0.2, 0.25) is 0 Å². The molecule has 0 N–H and O–H groups in total. The van der Waals surface area contributed by atoms with E-state index in [9.17, 15) is 4.79 Å². The molecule has 0 heterocycles. The Balaban J connectivity index is 2.66. The summed E-state index contributed by atoms with van der Waals surface area (Å²) in [7, 11) is 0. The van der Waals surface area contributed by atoms with Crippen LogP contribution in [-0.4, -0.2) is 5.78 Å². The summed E-state index contributed by atoms with van der Waals surface area (Å²) in [5.41, 5.74) is 2.90. The van der Waals surface area contributed by atoms with Gasteiger partial charge in [-0.3, -0.25) is 0 Å². The maximum Gasteiger partial charge on any atom is 0.130 e. The lowest BCUT2D eigenvalue weighted by atomic mass is 9.86. The van der Waals surface area contributed by atoms with Gasteiger partial charge in [-0.15, -0.1) is 0 Å². The first kappa shape index (κ1) is 14.0. The van der Waals surface area contributed by atoms with Crippen LogP contribution in [0.5, 0.6) is 0 Å². The Bertz CT molecular complexity index is 368. The first-order valence-corrected chi connectivity index (χ1v) is 6.38. The van der Waals surface area contributed by atoms with Crippen molar-refractivity contribution in [3.63, 3.8) is 0 Å². The van der Waals surface area contributed by atoms with E-state index in [2.05, 4.69) is 52.0 Å². The van der Waals surface area contributed by atoms with Crippen LogP contribution < -0.4 is 0 Å². The number of hydrogen-bond donors (Lipinski definition) is 0. The van der Waals surface area contributed by atoms with Crippen LogP contribution >= 0.6 is 0 Å². The Morgan fingerprint density at radius 3 is 2.12 bits per heavy atom. The van der Waals surface area contributed by atoms with Crippen molar-refractivity contribution in [3.05, 3.63) is 35.4 Å².